The number of ether oxygens (including phenoxy) is 4. The molecule has 116 heavy (non-hydrogen) atoms. The molecule has 0 unspecified atom stereocenters. The molecule has 0 saturated carbocycles. The van der Waals surface area contributed by atoms with E-state index < -0.39 is 40.5 Å². The highest BCUT2D eigenvalue weighted by Crippen LogP contribution is 2.39. The number of pyridine rings is 4. The van der Waals surface area contributed by atoms with Gasteiger partial charge in [0.05, 0.1) is 122 Å². The first-order valence-electron chi connectivity index (χ1n) is 36.4. The van der Waals surface area contributed by atoms with Gasteiger partial charge in [-0.15, -0.1) is 0 Å². The second kappa shape index (κ2) is 42.8. The van der Waals surface area contributed by atoms with E-state index in [2.05, 4.69) is 78.4 Å². The highest BCUT2D eigenvalue weighted by atomic mass is 32.2. The van der Waals surface area contributed by atoms with Crippen molar-refractivity contribution in [1.29, 1.82) is 0 Å². The first kappa shape index (κ1) is 89.3. The SMILES string of the molecule is Cc1ccc(S(=O)(=O)O)cc1.Cc1ccc(S(=O)(=O)O)cc1.Cc1ccc(S(=O)(=O)O)cc1.Cc1ccc(S(=O)(=O)O)cc1.OCCOCCc1cc(-c2c3nc(c(-c4ccnc(CCOCCO)c4)c4ccc([nH]4)c(-c4ccnc(CCOCCO)c4)c4nc(c(-c5ccnc(CCOCCO)c5)c5ccc2[nH]5)C=C4)C=C3)ccn1. The molecule has 0 radical (unpaired) electrons. The Morgan fingerprint density at radius 3 is 0.664 bits per heavy atom. The molecule has 610 valence electrons. The molecule has 10 N–H and O–H groups in total. The molecule has 0 amide bonds. The molecule has 7 aromatic heterocycles. The topological polar surface area (TPSA) is 444 Å². The van der Waals surface area contributed by atoms with Gasteiger partial charge in [0.15, 0.2) is 0 Å². The number of aryl methyl sites for hydroxylation is 4. The molecule has 0 saturated heterocycles. The smallest absolute Gasteiger partial charge is 0.294 e. The lowest BCUT2D eigenvalue weighted by atomic mass is 10.0. The number of H-pyrrole nitrogens is 2. The third kappa shape index (κ3) is 26.7. The van der Waals surface area contributed by atoms with Crippen molar-refractivity contribution in [3.63, 3.8) is 0 Å². The summed E-state index contributed by atoms with van der Waals surface area (Å²) in [6, 6.07) is 48.5. The number of benzene rings is 4. The van der Waals surface area contributed by atoms with Crippen LogP contribution in [0.2, 0.25) is 0 Å². The molecular formula is C84H90N8O20S4. The van der Waals surface area contributed by atoms with Crippen LogP contribution in [0.5, 0.6) is 0 Å². The summed E-state index contributed by atoms with van der Waals surface area (Å²) in [6.45, 7) is 9.80. The number of rotatable bonds is 28. The summed E-state index contributed by atoms with van der Waals surface area (Å²) in [6.07, 6.45) is 17.6. The van der Waals surface area contributed by atoms with E-state index in [1.165, 1.54) is 48.5 Å². The van der Waals surface area contributed by atoms with Crippen molar-refractivity contribution in [2.45, 2.75) is 73.0 Å². The maximum atomic E-state index is 10.5. The number of nitrogens with one attached hydrogen (secondary N) is 2. The van der Waals surface area contributed by atoms with Crippen molar-refractivity contribution >= 4 is 86.8 Å². The number of hydrogen-bond acceptors (Lipinski definition) is 22. The number of aliphatic hydroxyl groups excluding tert-OH is 4. The highest BCUT2D eigenvalue weighted by molar-refractivity contribution is 7.86. The van der Waals surface area contributed by atoms with Crippen LogP contribution in [-0.2, 0) is 85.1 Å². The highest BCUT2D eigenvalue weighted by Gasteiger charge is 2.22. The summed E-state index contributed by atoms with van der Waals surface area (Å²) < 4.78 is 141. The average molecular weight is 1660 g/mol. The molecule has 28 nitrogen and oxygen atoms in total. The first-order valence-corrected chi connectivity index (χ1v) is 42.2. The van der Waals surface area contributed by atoms with Crippen LogP contribution in [0.1, 0.15) is 67.8 Å². The predicted octanol–water partition coefficient (Wildman–Crippen LogP) is 12.1. The van der Waals surface area contributed by atoms with Gasteiger partial charge in [-0.25, -0.2) is 9.97 Å². The van der Waals surface area contributed by atoms with Gasteiger partial charge in [-0.05, 0) is 196 Å². The number of nitrogens with zero attached hydrogens (tertiary/aromatic N) is 6. The van der Waals surface area contributed by atoms with Gasteiger partial charge in [-0.2, -0.15) is 33.7 Å². The van der Waals surface area contributed by atoms with Gasteiger partial charge in [0.2, 0.25) is 0 Å². The van der Waals surface area contributed by atoms with E-state index in [1.54, 1.807) is 73.3 Å². The standard InChI is InChI=1S/C56H58N8O8.4C7H8O3S/c65-21-29-69-25-13-41-33-37(9-17-57-41)53-45-1-2-46(61-45)54(38-10-18-58-42(34-38)14-26-70-30-22-66)48-5-6-50(63-48)56(40-12-20-60-44(36-40)16-28-72-32-24-68)52-8-7-51(64-52)55(49-4-3-47(53)62-49)39-11-19-59-43(35-39)15-27-71-31-23-67;4*1-6-2-4-7(5-3-6)11(8,9)10/h1-12,17-20,33-36,61,64-68H,13-16,21-32H2;4*2-5H,1H3,(H,8,9,10). The fourth-order valence-electron chi connectivity index (χ4n) is 11.7. The quantitative estimate of drug-likeness (QED) is 0.0161. The minimum Gasteiger partial charge on any atom is -0.394 e. The van der Waals surface area contributed by atoms with Crippen LogP contribution in [0, 0.1) is 27.7 Å². The van der Waals surface area contributed by atoms with Crippen LogP contribution < -0.4 is 0 Å². The predicted molar refractivity (Wildman–Crippen MR) is 442 cm³/mol. The van der Waals surface area contributed by atoms with Gasteiger partial charge in [-0.1, -0.05) is 70.8 Å². The summed E-state index contributed by atoms with van der Waals surface area (Å²) in [4.78, 5) is 37.0. The Hall–Kier alpha value is -10.6. The lowest BCUT2D eigenvalue weighted by Crippen LogP contribution is -2.04. The maximum Gasteiger partial charge on any atom is 0.294 e. The lowest BCUT2D eigenvalue weighted by molar-refractivity contribution is 0.0940. The van der Waals surface area contributed by atoms with Gasteiger partial charge in [0, 0.05) is 118 Å². The lowest BCUT2D eigenvalue weighted by Gasteiger charge is -2.09. The Labute approximate surface area is 673 Å². The van der Waals surface area contributed by atoms with Gasteiger partial charge in [0.1, 0.15) is 0 Å². The minimum absolute atomic E-state index is 0.0525. The van der Waals surface area contributed by atoms with Gasteiger partial charge in [-0.3, -0.25) is 38.1 Å². The molecule has 9 heterocycles. The van der Waals surface area contributed by atoms with E-state index in [0.717, 1.165) is 134 Å². The van der Waals surface area contributed by atoms with Crippen molar-refractivity contribution < 1.29 is 91.3 Å². The van der Waals surface area contributed by atoms with Gasteiger partial charge < -0.3 is 49.3 Å². The Bertz CT molecular complexity index is 5150. The van der Waals surface area contributed by atoms with Crippen LogP contribution in [0.4, 0.5) is 0 Å². The van der Waals surface area contributed by atoms with E-state index in [-0.39, 0.29) is 72.4 Å². The maximum absolute atomic E-state index is 10.5. The van der Waals surface area contributed by atoms with E-state index in [1.807, 2.05) is 76.3 Å². The van der Waals surface area contributed by atoms with Crippen LogP contribution >= 0.6 is 0 Å². The largest absolute Gasteiger partial charge is 0.394 e. The van der Waals surface area contributed by atoms with Crippen LogP contribution in [0.3, 0.4) is 0 Å². The molecule has 0 aliphatic carbocycles. The molecule has 0 fully saturated rings. The fraction of sp³-hybridized carbons (Fsp3) is 0.238. The molecule has 13 rings (SSSR count). The summed E-state index contributed by atoms with van der Waals surface area (Å²) in [5.41, 5.74) is 20.4. The molecule has 0 atom stereocenters. The van der Waals surface area contributed by atoms with E-state index in [9.17, 15) is 54.1 Å². The summed E-state index contributed by atoms with van der Waals surface area (Å²) in [5, 5.41) is 37.3. The zero-order chi connectivity index (χ0) is 83.4. The molecule has 4 aromatic carbocycles. The molecule has 2 aliphatic heterocycles. The second-order valence-electron chi connectivity index (χ2n) is 26.1. The summed E-state index contributed by atoms with van der Waals surface area (Å²) in [5.74, 6) is 0. The van der Waals surface area contributed by atoms with Crippen molar-refractivity contribution in [3.05, 3.63) is 262 Å². The Kier molecular flexibility index (Phi) is 33.0. The first-order chi connectivity index (χ1) is 55.5. The van der Waals surface area contributed by atoms with Crippen molar-refractivity contribution in [2.24, 2.45) is 0 Å². The van der Waals surface area contributed by atoms with E-state index in [4.69, 9.17) is 47.1 Å². The van der Waals surface area contributed by atoms with E-state index in [0.29, 0.717) is 52.1 Å². The van der Waals surface area contributed by atoms with Gasteiger partial charge in [0.25, 0.3) is 40.5 Å². The second-order valence-corrected chi connectivity index (χ2v) is 31.8. The Morgan fingerprint density at radius 1 is 0.284 bits per heavy atom. The number of hydrogen-bond donors (Lipinski definition) is 10. The fourth-order valence-corrected chi connectivity index (χ4v) is 13.6. The number of aromatic amines is 2. The third-order valence-corrected chi connectivity index (χ3v) is 20.9. The molecular weight excluding hydrogens is 1570 g/mol. The van der Waals surface area contributed by atoms with Crippen LogP contribution in [0.15, 0.2) is 214 Å². The number of fused-ring (bicyclic) bond motifs is 8. The minimum atomic E-state index is -4.02. The number of aromatic nitrogens is 8. The van der Waals surface area contributed by atoms with Gasteiger partial charge >= 0.3 is 0 Å². The zero-order valence-corrected chi connectivity index (χ0v) is 67.2. The van der Waals surface area contributed by atoms with Crippen LogP contribution in [0.25, 0.3) is 90.9 Å². The average Bonchev–Trinajstić information content (AvgIpc) is 1.26. The van der Waals surface area contributed by atoms with Crippen molar-refractivity contribution in [1.82, 2.24) is 39.9 Å². The zero-order valence-electron chi connectivity index (χ0n) is 63.9. The van der Waals surface area contributed by atoms with Crippen LogP contribution in [-0.4, -0.2) is 191 Å². The third-order valence-electron chi connectivity index (χ3n) is 17.4. The van der Waals surface area contributed by atoms with Crippen molar-refractivity contribution in [2.75, 3.05) is 79.3 Å². The number of aliphatic hydroxyl groups is 4. The monoisotopic (exact) mass is 1660 g/mol. The molecule has 2 aliphatic rings. The Morgan fingerprint density at radius 2 is 0.483 bits per heavy atom. The molecule has 8 bridgehead atoms. The molecule has 32 heteroatoms. The molecule has 0 spiro atoms. The van der Waals surface area contributed by atoms with Crippen molar-refractivity contribution in [3.8, 4) is 44.5 Å². The Balaban J connectivity index is 0.000000277. The summed E-state index contributed by atoms with van der Waals surface area (Å²) >= 11 is 0. The normalized spacial score (nSPS) is 11.8. The summed E-state index contributed by atoms with van der Waals surface area (Å²) in [7, 11) is -16.1. The molecule has 11 aromatic rings. The van der Waals surface area contributed by atoms with E-state index >= 15 is 0 Å².